The second-order valence-electron chi connectivity index (χ2n) is 26.0. The molecular formula is C68H86N4O28. The molecule has 6 fully saturated rings. The summed E-state index contributed by atoms with van der Waals surface area (Å²) < 4.78 is 41.4. The maximum atomic E-state index is 12.6. The molecule has 4 amide bonds. The fraction of sp³-hybridized carbons (Fsp3) is 0.603. The molecule has 1 saturated carbocycles. The third-order valence-electron chi connectivity index (χ3n) is 19.6. The molecule has 2 aromatic carbocycles. The summed E-state index contributed by atoms with van der Waals surface area (Å²) in [6.45, 7) is 13.3. The minimum Gasteiger partial charge on any atom is -0.481 e. The number of carbonyl (C=O) groups excluding carboxylic acids is 12. The maximum absolute atomic E-state index is 12.6. The first kappa shape index (κ1) is 77.0. The van der Waals surface area contributed by atoms with E-state index in [1.54, 1.807) is 6.08 Å². The molecule has 546 valence electrons. The molecule has 7 aliphatic heterocycles. The van der Waals surface area contributed by atoms with Crippen molar-refractivity contribution >= 4 is 77.2 Å². The van der Waals surface area contributed by atoms with Crippen LogP contribution in [0.1, 0.15) is 159 Å². The Hall–Kier alpha value is -8.79. The van der Waals surface area contributed by atoms with Crippen LogP contribution in [0.4, 0.5) is 0 Å². The van der Waals surface area contributed by atoms with Crippen molar-refractivity contribution in [1.82, 2.24) is 19.9 Å². The van der Waals surface area contributed by atoms with Crippen molar-refractivity contribution in [3.05, 3.63) is 69.5 Å². The highest BCUT2D eigenvalue weighted by atomic mass is 16.7. The minimum absolute atomic E-state index is 0.0219. The lowest BCUT2D eigenvalue weighted by Crippen LogP contribution is -2.76. The van der Waals surface area contributed by atoms with Crippen molar-refractivity contribution in [3.8, 4) is 11.5 Å². The molecule has 7 heterocycles. The summed E-state index contributed by atoms with van der Waals surface area (Å²) in [4.78, 5) is 158. The summed E-state index contributed by atoms with van der Waals surface area (Å²) in [5.74, 6) is -6.83. The zero-order chi connectivity index (χ0) is 73.7. The number of piperidine rings is 2. The van der Waals surface area contributed by atoms with Crippen LogP contribution in [0.3, 0.4) is 0 Å². The number of carboxylic acid groups (broad SMARTS) is 1. The molecule has 0 radical (unpaired) electrons. The quantitative estimate of drug-likeness (QED) is 0.107. The summed E-state index contributed by atoms with van der Waals surface area (Å²) in [5.41, 5.74) is 2.16. The van der Waals surface area contributed by atoms with Gasteiger partial charge >= 0.3 is 47.8 Å². The summed E-state index contributed by atoms with van der Waals surface area (Å²) in [7, 11) is 4.08. The first-order valence-electron chi connectivity index (χ1n) is 32.9. The highest BCUT2D eigenvalue weighted by Crippen LogP contribution is 2.66. The maximum Gasteiger partial charge on any atom is 0.373 e. The molecule has 4 bridgehead atoms. The lowest BCUT2D eigenvalue weighted by molar-refractivity contribution is -0.205. The van der Waals surface area contributed by atoms with E-state index in [0.29, 0.717) is 65.1 Å². The van der Waals surface area contributed by atoms with Gasteiger partial charge in [-0.25, -0.2) is 19.2 Å². The summed E-state index contributed by atoms with van der Waals surface area (Å²) in [5, 5.41) is 52.4. The van der Waals surface area contributed by atoms with Gasteiger partial charge in [-0.15, -0.1) is 10.1 Å². The lowest BCUT2D eigenvalue weighted by atomic mass is 9.49. The Morgan fingerprint density at radius 3 is 1.31 bits per heavy atom. The normalized spacial score (nSPS) is 27.6. The van der Waals surface area contributed by atoms with E-state index in [0.717, 1.165) is 80.8 Å². The number of aliphatic carboxylic acids is 1. The van der Waals surface area contributed by atoms with E-state index in [2.05, 4.69) is 40.7 Å². The third-order valence-corrected chi connectivity index (χ3v) is 19.6. The van der Waals surface area contributed by atoms with Gasteiger partial charge in [-0.2, -0.15) is 0 Å². The molecule has 0 aromatic heterocycles. The van der Waals surface area contributed by atoms with Crippen LogP contribution in [0.5, 0.6) is 11.5 Å². The molecule has 100 heavy (non-hydrogen) atoms. The van der Waals surface area contributed by atoms with Crippen LogP contribution < -0.4 is 9.47 Å². The highest BCUT2D eigenvalue weighted by Gasteiger charge is 2.74. The number of ketones is 1. The Morgan fingerprint density at radius 1 is 0.540 bits per heavy atom. The Bertz CT molecular complexity index is 3520. The van der Waals surface area contributed by atoms with Gasteiger partial charge in [0.1, 0.15) is 17.3 Å². The van der Waals surface area contributed by atoms with Gasteiger partial charge in [0.15, 0.2) is 42.4 Å². The number of benzene rings is 2. The number of likely N-dealkylation sites (N-methyl/N-ethyl adjacent to an activating group) is 2. The standard InChI is InChI=1S/C23H27NO7.C18H21NO4.2C9H11NO6.C5H8O4.C4H8O/c1-12(29-13(2)26)21(27)30-16-6-7-23(28)17-10-14-4-5-15(11-25)19-18(14)22(23,20(16)31-19)8-9-24(17)3;1-19-7-6-17-14-10-2-3-11(9-20)15(14)23-16(17)12(21)4-5-18(17,22)13(19)8-10;2*1-5(15-6(2)11)9(14)16-10-7(12)3-4-8(10)13;1-3(5(7)8)9-4(2)6;1-2-4-5-3-1/h4-6,12,17,20,25,28H,7-11H2,1-3H3;2-3,13,16,20,22H,4-9H2,1H3;2*5H,3-4H2,1-2H3;3H,1-2H3,(H,7,8);1-4H2/t12-,17+,20-,22-,23+;13-,16+,17+,18-;2*5-;3-;/m01000./s1. The second-order valence-corrected chi connectivity index (χ2v) is 26.0. The number of hydrogen-bond donors (Lipinski definition) is 5. The van der Waals surface area contributed by atoms with Gasteiger partial charge in [-0.1, -0.05) is 24.3 Å². The first-order chi connectivity index (χ1) is 47.1. The number of aliphatic hydroxyl groups is 4. The van der Waals surface area contributed by atoms with Gasteiger partial charge in [0.2, 0.25) is 0 Å². The van der Waals surface area contributed by atoms with Crippen LogP contribution in [0.2, 0.25) is 0 Å². The second kappa shape index (κ2) is 31.4. The predicted molar refractivity (Wildman–Crippen MR) is 336 cm³/mol. The van der Waals surface area contributed by atoms with Crippen LogP contribution in [0.25, 0.3) is 0 Å². The van der Waals surface area contributed by atoms with Gasteiger partial charge in [0.25, 0.3) is 23.6 Å². The number of aliphatic hydroxyl groups excluding tert-OH is 2. The number of likely N-dealkylation sites (tertiary alicyclic amines) is 2. The summed E-state index contributed by atoms with van der Waals surface area (Å²) in [6.07, 6.45) is 2.66. The number of carboxylic acids is 1. The summed E-state index contributed by atoms with van der Waals surface area (Å²) >= 11 is 0. The average Bonchev–Trinajstić information content (AvgIpc) is 1.43. The highest BCUT2D eigenvalue weighted by molar-refractivity contribution is 6.02. The number of Topliss-reactive ketones (excluding diaryl/α,β-unsaturated/α-hetero) is 1. The molecule has 13 rings (SSSR count). The number of hydrogen-bond acceptors (Lipinski definition) is 29. The van der Waals surface area contributed by atoms with E-state index in [4.69, 9.17) is 28.8 Å². The van der Waals surface area contributed by atoms with E-state index in [1.165, 1.54) is 54.4 Å². The van der Waals surface area contributed by atoms with Gasteiger partial charge in [0, 0.05) is 114 Å². The topological polar surface area (TPSA) is 428 Å². The summed E-state index contributed by atoms with van der Waals surface area (Å²) in [6, 6.07) is 7.74. The number of imide groups is 2. The Morgan fingerprint density at radius 2 is 0.930 bits per heavy atom. The molecule has 11 aliphatic rings. The Balaban J connectivity index is 0.000000164. The fourth-order valence-corrected chi connectivity index (χ4v) is 14.9. The van der Waals surface area contributed by atoms with Crippen molar-refractivity contribution < 1.29 is 135 Å². The molecule has 32 heteroatoms. The van der Waals surface area contributed by atoms with E-state index >= 15 is 0 Å². The third kappa shape index (κ3) is 15.1. The molecule has 5 saturated heterocycles. The SMILES string of the molecule is C1CCOC1.CC(=O)O[C@@H](C)C(=O)O.CC(=O)O[C@@H](C)C(=O)OC1=CC[C@@]2(O)[C@H]3Cc4ccc(CO)c5c4[C@@]2(CCN3C)[C@H]1O5.CC(=O)O[C@@H](C)C(=O)ON1C(=O)CCC1=O.CC(=O)O[C@@H](C)C(=O)ON1C(=O)CCC1=O.CN1CC[C@]23c4c5ccc(CO)c4O[C@H]2C(=O)CC[C@@]3(O)[C@H]1C5. The van der Waals surface area contributed by atoms with Gasteiger partial charge < -0.3 is 82.9 Å². The number of esters is 5. The number of carbonyl (C=O) groups is 13. The number of ether oxygens (including phenoxy) is 8. The molecule has 4 aliphatic carbocycles. The number of nitrogens with zero attached hydrogens (tertiary/aromatic N) is 4. The van der Waals surface area contributed by atoms with Crippen molar-refractivity contribution in [1.29, 1.82) is 0 Å². The molecule has 12 atom stereocenters. The van der Waals surface area contributed by atoms with Crippen molar-refractivity contribution in [2.45, 2.75) is 223 Å². The molecule has 0 unspecified atom stereocenters. The zero-order valence-corrected chi connectivity index (χ0v) is 57.4. The molecule has 32 nitrogen and oxygen atoms in total. The molecular weight excluding hydrogens is 1320 g/mol. The van der Waals surface area contributed by atoms with Crippen molar-refractivity contribution in [2.75, 3.05) is 40.4 Å². The fourth-order valence-electron chi connectivity index (χ4n) is 14.9. The number of hydroxylamine groups is 4. The van der Waals surface area contributed by atoms with Crippen LogP contribution in [0.15, 0.2) is 36.1 Å². The van der Waals surface area contributed by atoms with Gasteiger partial charge in [-0.05, 0) is 117 Å². The van der Waals surface area contributed by atoms with Gasteiger partial charge in [0.05, 0.1) is 35.2 Å². The smallest absolute Gasteiger partial charge is 0.373 e. The first-order valence-corrected chi connectivity index (χ1v) is 32.9. The predicted octanol–water partition coefficient (Wildman–Crippen LogP) is 1.39. The lowest BCUT2D eigenvalue weighted by Gasteiger charge is -2.62. The van der Waals surface area contributed by atoms with E-state index in [-0.39, 0.29) is 56.8 Å². The Kier molecular flexibility index (Phi) is 24.2. The monoisotopic (exact) mass is 1410 g/mol. The average molecular weight is 1410 g/mol. The molecule has 5 N–H and O–H groups in total. The van der Waals surface area contributed by atoms with Gasteiger partial charge in [-0.3, -0.25) is 43.2 Å². The van der Waals surface area contributed by atoms with E-state index in [9.17, 15) is 82.8 Å². The molecule has 2 spiro atoms. The minimum atomic E-state index is -1.15. The van der Waals surface area contributed by atoms with Crippen molar-refractivity contribution in [2.24, 2.45) is 0 Å². The largest absolute Gasteiger partial charge is 0.481 e. The molecule has 2 aromatic rings. The van der Waals surface area contributed by atoms with E-state index in [1.807, 2.05) is 31.3 Å². The van der Waals surface area contributed by atoms with Crippen molar-refractivity contribution in [3.63, 3.8) is 0 Å². The van der Waals surface area contributed by atoms with Crippen LogP contribution >= 0.6 is 0 Å². The van der Waals surface area contributed by atoms with Crippen LogP contribution in [-0.2, 0) is 137 Å². The van der Waals surface area contributed by atoms with Crippen LogP contribution in [-0.4, -0.2) is 223 Å². The number of rotatable bonds is 13. The number of amides is 4. The van der Waals surface area contributed by atoms with E-state index < -0.39 is 130 Å². The van der Waals surface area contributed by atoms with Crippen LogP contribution in [0, 0.1) is 0 Å². The Labute approximate surface area is 574 Å². The zero-order valence-electron chi connectivity index (χ0n) is 57.4.